The molecule has 1 aromatic rings. The van der Waals surface area contributed by atoms with Crippen LogP contribution in [0.3, 0.4) is 0 Å². The monoisotopic (exact) mass is 306 g/mol. The molecule has 9 heteroatoms. The van der Waals surface area contributed by atoms with Crippen molar-refractivity contribution in [2.24, 2.45) is 0 Å². The number of nitro groups is 1. The number of nitrogens with zero attached hydrogens (tertiary/aromatic N) is 1. The van der Waals surface area contributed by atoms with Crippen molar-refractivity contribution in [3.8, 4) is 0 Å². The van der Waals surface area contributed by atoms with Crippen LogP contribution in [-0.4, -0.2) is 18.2 Å². The summed E-state index contributed by atoms with van der Waals surface area (Å²) in [5, 5.41) is 10.3. The Kier molecular flexibility index (Phi) is 5.98. The molecule has 1 aromatic carbocycles. The van der Waals surface area contributed by atoms with Crippen molar-refractivity contribution >= 4 is 25.1 Å². The van der Waals surface area contributed by atoms with E-state index in [0.717, 1.165) is 0 Å². The molecule has 1 rings (SSSR count). The zero-order chi connectivity index (χ0) is 11.5. The molecule has 6 nitrogen and oxygen atoms in total. The maximum absolute atomic E-state index is 10.3. The summed E-state index contributed by atoms with van der Waals surface area (Å²) in [5.74, 6) is -0.0101. The van der Waals surface area contributed by atoms with Crippen molar-refractivity contribution in [1.82, 2.24) is 0 Å². The Bertz CT molecular complexity index is 472. The van der Waals surface area contributed by atoms with Gasteiger partial charge in [-0.25, -0.2) is 4.21 Å². The molecule has 0 aliphatic carbocycles. The number of hydrogen-bond donors (Lipinski definition) is 0. The van der Waals surface area contributed by atoms with Gasteiger partial charge in [0.05, 0.1) is 14.0 Å². The Balaban J connectivity index is 0.00000225. The Morgan fingerprint density at radius 1 is 1.25 bits per heavy atom. The van der Waals surface area contributed by atoms with Crippen LogP contribution in [0.15, 0.2) is 24.3 Å². The third-order valence-electron chi connectivity index (χ3n) is 1.52. The fraction of sp³-hybridized carbons (Fsp3) is 0.143. The van der Waals surface area contributed by atoms with Crippen LogP contribution in [0.2, 0.25) is 0 Å². The average molecular weight is 307 g/mol. The first-order valence-electron chi connectivity index (χ1n) is 3.72. The topological polar surface area (TPSA) is 106 Å². The third kappa shape index (κ3) is 5.48. The molecule has 0 fully saturated rings. The smallest absolute Gasteiger partial charge is 0.746 e. The van der Waals surface area contributed by atoms with Crippen LogP contribution in [0.4, 0.5) is 5.69 Å². The maximum Gasteiger partial charge on any atom is 2.00 e. The molecule has 0 radical (unpaired) electrons. The molecule has 0 amide bonds. The number of benzene rings is 1. The molecule has 0 aliphatic rings. The predicted molar refractivity (Wildman–Crippen MR) is 53.9 cm³/mol. The maximum atomic E-state index is 10.3. The van der Waals surface area contributed by atoms with Gasteiger partial charge in [-0.15, -0.1) is 0 Å². The minimum absolute atomic E-state index is 0. The van der Waals surface area contributed by atoms with E-state index >= 15 is 0 Å². The van der Waals surface area contributed by atoms with E-state index in [9.17, 15) is 23.4 Å². The van der Waals surface area contributed by atoms with Crippen LogP contribution in [0.25, 0.3) is 0 Å². The van der Waals surface area contributed by atoms with Gasteiger partial charge < -0.3 is 9.11 Å². The standard InChI is InChI=1S/C7H7NO5S2.Ni/c9-8(10)7-3-1-6(2-4-7)5-14-15(11,12)13;/h1-4H,5H2,(H-,11,12,13);/q;+2/p-1. The average Bonchev–Trinajstić information content (AvgIpc) is 2.14. The normalized spacial score (nSPS) is 10.4. The predicted octanol–water partition coefficient (Wildman–Crippen LogP) is 0.635. The number of nitro benzene ring substituents is 1. The van der Waals surface area contributed by atoms with Crippen LogP contribution >= 0.6 is 0 Å². The van der Waals surface area contributed by atoms with E-state index < -0.39 is 14.0 Å². The molecular weight excluding hydrogens is 301 g/mol. The number of rotatable bonds is 3. The SMILES string of the molecule is O=[N+]([O-])c1ccc(C[S+]=S(=O)([O-])[O-])cc1.[Ni+2]. The van der Waals surface area contributed by atoms with E-state index in [1.807, 2.05) is 0 Å². The molecule has 0 bridgehead atoms. The molecular formula is C7H6NNiO5S2+. The second-order valence-corrected chi connectivity index (χ2v) is 5.87. The molecule has 0 heterocycles. The van der Waals surface area contributed by atoms with Crippen molar-refractivity contribution in [2.45, 2.75) is 5.75 Å². The van der Waals surface area contributed by atoms with Gasteiger partial charge in [-0.05, 0) is 12.1 Å². The van der Waals surface area contributed by atoms with Gasteiger partial charge in [0.1, 0.15) is 0 Å². The molecule has 0 spiro atoms. The summed E-state index contributed by atoms with van der Waals surface area (Å²) in [6.07, 6.45) is 0. The van der Waals surface area contributed by atoms with E-state index in [4.69, 9.17) is 0 Å². The van der Waals surface area contributed by atoms with Crippen molar-refractivity contribution in [3.05, 3.63) is 39.9 Å². The quantitative estimate of drug-likeness (QED) is 0.352. The fourth-order valence-corrected chi connectivity index (χ4v) is 2.17. The molecule has 16 heavy (non-hydrogen) atoms. The Hall–Kier alpha value is -0.596. The van der Waals surface area contributed by atoms with Crippen LogP contribution in [0.5, 0.6) is 0 Å². The Morgan fingerprint density at radius 3 is 2.12 bits per heavy atom. The van der Waals surface area contributed by atoms with Gasteiger partial charge in [0.2, 0.25) is 16.1 Å². The second kappa shape index (κ2) is 6.22. The minimum Gasteiger partial charge on any atom is -0.746 e. The van der Waals surface area contributed by atoms with E-state index in [-0.39, 0.29) is 38.3 Å². The molecule has 0 atom stereocenters. The van der Waals surface area contributed by atoms with Gasteiger partial charge >= 0.3 is 16.5 Å². The zero-order valence-electron chi connectivity index (χ0n) is 7.64. The van der Waals surface area contributed by atoms with Crippen LogP contribution in [-0.2, 0) is 41.6 Å². The summed E-state index contributed by atoms with van der Waals surface area (Å²) in [7, 11) is -4.07. The first-order chi connectivity index (χ1) is 6.88. The van der Waals surface area contributed by atoms with Crippen molar-refractivity contribution in [2.75, 3.05) is 0 Å². The van der Waals surface area contributed by atoms with Gasteiger partial charge in [0.15, 0.2) is 0 Å². The van der Waals surface area contributed by atoms with Gasteiger partial charge in [-0.3, -0.25) is 10.1 Å². The van der Waals surface area contributed by atoms with E-state index in [0.29, 0.717) is 5.56 Å². The van der Waals surface area contributed by atoms with Crippen LogP contribution in [0.1, 0.15) is 5.56 Å². The Morgan fingerprint density at radius 2 is 1.75 bits per heavy atom. The summed E-state index contributed by atoms with van der Waals surface area (Å²) >= 11 is 0. The third-order valence-corrected chi connectivity index (χ3v) is 3.48. The van der Waals surface area contributed by atoms with Crippen LogP contribution in [0, 0.1) is 10.1 Å². The second-order valence-electron chi connectivity index (χ2n) is 2.59. The molecule has 0 N–H and O–H groups in total. The molecule has 0 aromatic heterocycles. The van der Waals surface area contributed by atoms with Crippen molar-refractivity contribution < 1.29 is 34.7 Å². The summed E-state index contributed by atoms with van der Waals surface area (Å²) in [5.41, 5.74) is 0.471. The molecule has 0 saturated heterocycles. The summed E-state index contributed by atoms with van der Waals surface area (Å²) in [6, 6.07) is 5.34. The first kappa shape index (κ1) is 15.4. The summed E-state index contributed by atoms with van der Waals surface area (Å²) < 4.78 is 30.8. The van der Waals surface area contributed by atoms with Crippen molar-refractivity contribution in [1.29, 1.82) is 0 Å². The zero-order valence-corrected chi connectivity index (χ0v) is 10.3. The molecule has 0 unspecified atom stereocenters. The summed E-state index contributed by atoms with van der Waals surface area (Å²) in [6.45, 7) is 0. The fourth-order valence-electron chi connectivity index (χ4n) is 0.854. The van der Waals surface area contributed by atoms with Crippen molar-refractivity contribution in [3.63, 3.8) is 0 Å². The van der Waals surface area contributed by atoms with Gasteiger partial charge in [0, 0.05) is 17.7 Å². The summed E-state index contributed by atoms with van der Waals surface area (Å²) in [4.78, 5) is 9.73. The molecule has 0 aliphatic heterocycles. The molecule has 90 valence electrons. The number of hydrogen-bond acceptors (Lipinski definition) is 5. The van der Waals surface area contributed by atoms with Gasteiger partial charge in [-0.2, -0.15) is 0 Å². The minimum atomic E-state index is -4.32. The van der Waals surface area contributed by atoms with E-state index in [1.165, 1.54) is 24.3 Å². The largest absolute Gasteiger partial charge is 2.00 e. The molecule has 0 saturated carbocycles. The van der Waals surface area contributed by atoms with E-state index in [2.05, 4.69) is 0 Å². The van der Waals surface area contributed by atoms with E-state index in [1.54, 1.807) is 0 Å². The van der Waals surface area contributed by atoms with Gasteiger partial charge in [-0.1, -0.05) is 0 Å². The van der Waals surface area contributed by atoms with Crippen LogP contribution < -0.4 is 0 Å². The number of non-ortho nitro benzene ring substituents is 1. The Labute approximate surface area is 105 Å². The first-order valence-corrected chi connectivity index (χ1v) is 6.63. The van der Waals surface area contributed by atoms with Gasteiger partial charge in [0.25, 0.3) is 5.69 Å².